The number of rotatable bonds is 5. The van der Waals surface area contributed by atoms with E-state index in [4.69, 9.17) is 0 Å². The van der Waals surface area contributed by atoms with Crippen LogP contribution in [0.2, 0.25) is 0 Å². The summed E-state index contributed by atoms with van der Waals surface area (Å²) >= 11 is 0. The highest BCUT2D eigenvalue weighted by molar-refractivity contribution is 5.95. The number of aliphatic hydroxyl groups is 1. The van der Waals surface area contributed by atoms with Crippen LogP contribution in [-0.2, 0) is 11.8 Å². The molecule has 1 amide bonds. The number of hydrogen-bond acceptors (Lipinski definition) is 5. The van der Waals surface area contributed by atoms with Crippen molar-refractivity contribution in [1.82, 2.24) is 24.4 Å². The van der Waals surface area contributed by atoms with E-state index >= 15 is 0 Å². The van der Waals surface area contributed by atoms with Crippen LogP contribution in [0.5, 0.6) is 0 Å². The topological polar surface area (TPSA) is 97.3 Å². The van der Waals surface area contributed by atoms with Crippen LogP contribution in [0.1, 0.15) is 11.7 Å². The number of anilines is 1. The number of nitrogens with zero attached hydrogens (tertiary/aromatic N) is 5. The number of aryl methyl sites for hydroxylation is 1. The summed E-state index contributed by atoms with van der Waals surface area (Å²) in [6, 6.07) is 18.2. The third-order valence-electron chi connectivity index (χ3n) is 5.23. The Bertz CT molecular complexity index is 1390. The van der Waals surface area contributed by atoms with Gasteiger partial charge in [-0.15, -0.1) is 0 Å². The second-order valence-electron chi connectivity index (χ2n) is 7.45. The molecule has 0 fully saturated rings. The van der Waals surface area contributed by atoms with Crippen LogP contribution in [0, 0.1) is 0 Å². The Morgan fingerprint density at radius 2 is 1.75 bits per heavy atom. The molecule has 0 aliphatic carbocycles. The molecule has 2 aromatic carbocycles. The first-order valence-corrected chi connectivity index (χ1v) is 10.1. The molecule has 2 N–H and O–H groups in total. The Kier molecular flexibility index (Phi) is 4.97. The standard InChI is InChI=1S/C24H20N6O2/c1-29-13-19(12-26-29)18-11-21-22(25-15-27-30(21)14-18)16-7-9-20(10-8-16)28-24(32)23(31)17-5-3-2-4-6-17/h2-15,23,31H,1H3,(H,28,32). The highest BCUT2D eigenvalue weighted by Crippen LogP contribution is 2.28. The SMILES string of the molecule is Cn1cc(-c2cc3c(-c4ccc(NC(=O)C(O)c5ccccc5)cc4)ncnn3c2)cn1. The summed E-state index contributed by atoms with van der Waals surface area (Å²) in [5, 5.41) is 21.6. The average Bonchev–Trinajstić information content (AvgIpc) is 3.45. The fourth-order valence-corrected chi connectivity index (χ4v) is 3.59. The first kappa shape index (κ1) is 19.7. The second-order valence-corrected chi connectivity index (χ2v) is 7.45. The maximum atomic E-state index is 12.4. The first-order chi connectivity index (χ1) is 15.6. The fraction of sp³-hybridized carbons (Fsp3) is 0.0833. The summed E-state index contributed by atoms with van der Waals surface area (Å²) in [7, 11) is 1.88. The molecule has 0 spiro atoms. The maximum Gasteiger partial charge on any atom is 0.257 e. The number of amides is 1. The van der Waals surface area contributed by atoms with E-state index in [0.717, 1.165) is 27.9 Å². The Morgan fingerprint density at radius 3 is 2.47 bits per heavy atom. The Labute approximate surface area is 183 Å². The number of hydrogen-bond donors (Lipinski definition) is 2. The van der Waals surface area contributed by atoms with Gasteiger partial charge in [-0.05, 0) is 23.8 Å². The van der Waals surface area contributed by atoms with Crippen molar-refractivity contribution in [3.63, 3.8) is 0 Å². The maximum absolute atomic E-state index is 12.4. The number of aromatic nitrogens is 5. The van der Waals surface area contributed by atoms with Gasteiger partial charge in [-0.1, -0.05) is 42.5 Å². The van der Waals surface area contributed by atoms with Crippen LogP contribution < -0.4 is 5.32 Å². The van der Waals surface area contributed by atoms with Crippen LogP contribution >= 0.6 is 0 Å². The molecule has 0 aliphatic heterocycles. The molecule has 3 aromatic heterocycles. The summed E-state index contributed by atoms with van der Waals surface area (Å²) in [5.41, 5.74) is 5.65. The van der Waals surface area contributed by atoms with E-state index in [2.05, 4.69) is 20.5 Å². The zero-order valence-electron chi connectivity index (χ0n) is 17.3. The van der Waals surface area contributed by atoms with Gasteiger partial charge in [-0.2, -0.15) is 10.2 Å². The van der Waals surface area contributed by atoms with Gasteiger partial charge < -0.3 is 10.4 Å². The van der Waals surface area contributed by atoms with E-state index in [0.29, 0.717) is 11.3 Å². The van der Waals surface area contributed by atoms with Crippen LogP contribution in [-0.4, -0.2) is 35.4 Å². The Morgan fingerprint density at radius 1 is 0.969 bits per heavy atom. The molecule has 1 atom stereocenters. The Hall–Kier alpha value is -4.30. The predicted molar refractivity (Wildman–Crippen MR) is 121 cm³/mol. The number of fused-ring (bicyclic) bond motifs is 1. The van der Waals surface area contributed by atoms with Gasteiger partial charge in [0.15, 0.2) is 6.10 Å². The van der Waals surface area contributed by atoms with E-state index < -0.39 is 12.0 Å². The fourth-order valence-electron chi connectivity index (χ4n) is 3.59. The molecule has 0 saturated carbocycles. The lowest BCUT2D eigenvalue weighted by molar-refractivity contribution is -0.124. The van der Waals surface area contributed by atoms with Crippen molar-refractivity contribution in [1.29, 1.82) is 0 Å². The van der Waals surface area contributed by atoms with Gasteiger partial charge in [0.1, 0.15) is 6.33 Å². The van der Waals surface area contributed by atoms with Crippen LogP contribution in [0.4, 0.5) is 5.69 Å². The van der Waals surface area contributed by atoms with Crippen molar-refractivity contribution in [2.45, 2.75) is 6.10 Å². The number of nitrogens with one attached hydrogen (secondary N) is 1. The van der Waals surface area contributed by atoms with Crippen molar-refractivity contribution >= 4 is 17.1 Å². The predicted octanol–water partition coefficient (Wildman–Crippen LogP) is 3.47. The number of benzene rings is 2. The minimum Gasteiger partial charge on any atom is -0.378 e. The minimum atomic E-state index is -1.23. The summed E-state index contributed by atoms with van der Waals surface area (Å²) in [4.78, 5) is 16.9. The summed E-state index contributed by atoms with van der Waals surface area (Å²) < 4.78 is 3.54. The monoisotopic (exact) mass is 424 g/mol. The van der Waals surface area contributed by atoms with Crippen molar-refractivity contribution < 1.29 is 9.90 Å². The largest absolute Gasteiger partial charge is 0.378 e. The molecule has 8 nitrogen and oxygen atoms in total. The molecule has 8 heteroatoms. The molecule has 0 radical (unpaired) electrons. The lowest BCUT2D eigenvalue weighted by atomic mass is 10.1. The molecular formula is C24H20N6O2. The van der Waals surface area contributed by atoms with E-state index in [1.54, 1.807) is 45.6 Å². The van der Waals surface area contributed by atoms with E-state index in [9.17, 15) is 9.90 Å². The molecule has 5 aromatic rings. The van der Waals surface area contributed by atoms with Crippen LogP contribution in [0.25, 0.3) is 27.9 Å². The van der Waals surface area contributed by atoms with Gasteiger partial charge in [-0.3, -0.25) is 9.48 Å². The highest BCUT2D eigenvalue weighted by Gasteiger charge is 2.17. The van der Waals surface area contributed by atoms with Gasteiger partial charge in [0.2, 0.25) is 0 Å². The Balaban J connectivity index is 1.39. The van der Waals surface area contributed by atoms with Crippen molar-refractivity contribution in [3.8, 4) is 22.4 Å². The molecule has 0 aliphatic rings. The molecule has 0 saturated heterocycles. The van der Waals surface area contributed by atoms with E-state index in [1.165, 1.54) is 6.33 Å². The lowest BCUT2D eigenvalue weighted by Crippen LogP contribution is -2.20. The third kappa shape index (κ3) is 3.75. The van der Waals surface area contributed by atoms with Gasteiger partial charge in [-0.25, -0.2) is 9.50 Å². The average molecular weight is 424 g/mol. The third-order valence-corrected chi connectivity index (χ3v) is 5.23. The summed E-state index contributed by atoms with van der Waals surface area (Å²) in [6.45, 7) is 0. The summed E-state index contributed by atoms with van der Waals surface area (Å²) in [6.07, 6.45) is 5.98. The number of carbonyl (C=O) groups is 1. The minimum absolute atomic E-state index is 0.485. The quantitative estimate of drug-likeness (QED) is 0.450. The molecule has 1 unspecified atom stereocenters. The summed E-state index contributed by atoms with van der Waals surface area (Å²) in [5.74, 6) is -0.485. The van der Waals surface area contributed by atoms with Crippen LogP contribution in [0.3, 0.4) is 0 Å². The van der Waals surface area contributed by atoms with Crippen molar-refractivity contribution in [2.24, 2.45) is 7.05 Å². The zero-order chi connectivity index (χ0) is 22.1. The van der Waals surface area contributed by atoms with Crippen LogP contribution in [0.15, 0.2) is 85.6 Å². The van der Waals surface area contributed by atoms with Gasteiger partial charge in [0.05, 0.1) is 17.4 Å². The van der Waals surface area contributed by atoms with Gasteiger partial charge >= 0.3 is 0 Å². The highest BCUT2D eigenvalue weighted by atomic mass is 16.3. The van der Waals surface area contributed by atoms with Gasteiger partial charge in [0, 0.05) is 41.8 Å². The van der Waals surface area contributed by atoms with Crippen molar-refractivity contribution in [2.75, 3.05) is 5.32 Å². The lowest BCUT2D eigenvalue weighted by Gasteiger charge is -2.12. The molecule has 0 bridgehead atoms. The smallest absolute Gasteiger partial charge is 0.257 e. The zero-order valence-corrected chi connectivity index (χ0v) is 17.3. The molecular weight excluding hydrogens is 404 g/mol. The van der Waals surface area contributed by atoms with E-state index in [1.807, 2.05) is 49.9 Å². The first-order valence-electron chi connectivity index (χ1n) is 10.1. The number of aliphatic hydroxyl groups excluding tert-OH is 1. The second kappa shape index (κ2) is 8.09. The molecule has 158 valence electrons. The molecule has 5 rings (SSSR count). The molecule has 3 heterocycles. The van der Waals surface area contributed by atoms with Crippen molar-refractivity contribution in [3.05, 3.63) is 91.1 Å². The normalized spacial score (nSPS) is 12.1. The number of carbonyl (C=O) groups excluding carboxylic acids is 1. The van der Waals surface area contributed by atoms with Gasteiger partial charge in [0.25, 0.3) is 5.91 Å². The van der Waals surface area contributed by atoms with E-state index in [-0.39, 0.29) is 0 Å². The molecule has 32 heavy (non-hydrogen) atoms.